The third kappa shape index (κ3) is 4.51. The minimum atomic E-state index is -1.72. The van der Waals surface area contributed by atoms with E-state index in [9.17, 15) is 0 Å². The Kier molecular flexibility index (Phi) is 8.05. The van der Waals surface area contributed by atoms with Crippen LogP contribution in [0.4, 0.5) is 0 Å². The lowest BCUT2D eigenvalue weighted by molar-refractivity contribution is 0.414. The van der Waals surface area contributed by atoms with Crippen molar-refractivity contribution in [3.8, 4) is 0 Å². The normalized spacial score (nSPS) is 12.5. The molecule has 0 fully saturated rings. The Balaban J connectivity index is 4.65. The summed E-state index contributed by atoms with van der Waals surface area (Å²) in [5.41, 5.74) is 4.69. The van der Waals surface area contributed by atoms with Gasteiger partial charge in [0.15, 0.2) is 0 Å². The van der Waals surface area contributed by atoms with Crippen molar-refractivity contribution >= 4 is 8.32 Å². The molecule has 0 heterocycles. The molecule has 0 aliphatic rings. The quantitative estimate of drug-likeness (QED) is 0.233. The first-order valence-corrected chi connectivity index (χ1v) is 9.20. The van der Waals surface area contributed by atoms with Crippen LogP contribution in [0.25, 0.3) is 0 Å². The molecular formula is C16H30OSi. The average Bonchev–Trinajstić information content (AvgIpc) is 2.26. The van der Waals surface area contributed by atoms with E-state index in [1.165, 1.54) is 0 Å². The summed E-state index contributed by atoms with van der Waals surface area (Å²) in [6, 6.07) is 0. The van der Waals surface area contributed by atoms with Gasteiger partial charge in [-0.1, -0.05) is 54.2 Å². The first-order chi connectivity index (χ1) is 8.39. The molecule has 0 unspecified atom stereocenters. The van der Waals surface area contributed by atoms with E-state index in [2.05, 4.69) is 59.9 Å². The standard InChI is InChI=1S/C16H30OSi/c1-8-9-10-11-12-13-17-18(14(2)3,15(4)5)16(6)7/h9,12-16H,1,10-11H2,2-7H3/b13-12+. The van der Waals surface area contributed by atoms with E-state index in [-0.39, 0.29) is 0 Å². The van der Waals surface area contributed by atoms with E-state index in [1.807, 2.05) is 12.3 Å². The Labute approximate surface area is 115 Å². The summed E-state index contributed by atoms with van der Waals surface area (Å²) in [6.45, 7) is 17.4. The van der Waals surface area contributed by atoms with Crippen molar-refractivity contribution in [3.63, 3.8) is 0 Å². The van der Waals surface area contributed by atoms with Crippen LogP contribution in [0.1, 0.15) is 54.4 Å². The molecule has 0 radical (unpaired) electrons. The molecule has 0 saturated heterocycles. The van der Waals surface area contributed by atoms with Gasteiger partial charge in [-0.25, -0.2) is 0 Å². The van der Waals surface area contributed by atoms with Crippen molar-refractivity contribution < 1.29 is 4.43 Å². The summed E-state index contributed by atoms with van der Waals surface area (Å²) in [4.78, 5) is 0. The second-order valence-electron chi connectivity index (χ2n) is 5.79. The third-order valence-electron chi connectivity index (χ3n) is 3.70. The lowest BCUT2D eigenvalue weighted by Crippen LogP contribution is -2.46. The van der Waals surface area contributed by atoms with E-state index in [0.717, 1.165) is 12.8 Å². The van der Waals surface area contributed by atoms with Gasteiger partial charge in [-0.15, -0.1) is 5.73 Å². The largest absolute Gasteiger partial charge is 0.548 e. The van der Waals surface area contributed by atoms with Crippen LogP contribution in [0.2, 0.25) is 16.6 Å². The number of hydrogen-bond donors (Lipinski definition) is 0. The van der Waals surface area contributed by atoms with Crippen molar-refractivity contribution in [3.05, 3.63) is 30.7 Å². The Morgan fingerprint density at radius 1 is 1.00 bits per heavy atom. The topological polar surface area (TPSA) is 9.23 Å². The van der Waals surface area contributed by atoms with E-state index < -0.39 is 8.32 Å². The molecule has 0 bridgehead atoms. The highest BCUT2D eigenvalue weighted by atomic mass is 28.4. The van der Waals surface area contributed by atoms with E-state index in [1.54, 1.807) is 0 Å². The average molecular weight is 267 g/mol. The van der Waals surface area contributed by atoms with E-state index in [0.29, 0.717) is 16.6 Å². The Hall–Kier alpha value is -0.723. The summed E-state index contributed by atoms with van der Waals surface area (Å²) < 4.78 is 6.30. The molecule has 0 aromatic heterocycles. The molecule has 104 valence electrons. The first-order valence-electron chi connectivity index (χ1n) is 7.06. The zero-order valence-electron chi connectivity index (χ0n) is 13.0. The number of hydrogen-bond acceptors (Lipinski definition) is 1. The fourth-order valence-corrected chi connectivity index (χ4v) is 8.07. The van der Waals surface area contributed by atoms with E-state index >= 15 is 0 Å². The van der Waals surface area contributed by atoms with Crippen LogP contribution < -0.4 is 0 Å². The SMILES string of the molecule is C=C=CCC/C=C/O[Si](C(C)C)(C(C)C)C(C)C. The molecule has 2 heteroatoms. The van der Waals surface area contributed by atoms with Crippen molar-refractivity contribution in [2.75, 3.05) is 0 Å². The summed E-state index contributed by atoms with van der Waals surface area (Å²) >= 11 is 0. The molecule has 0 aliphatic heterocycles. The first kappa shape index (κ1) is 17.3. The van der Waals surface area contributed by atoms with Gasteiger partial charge in [0.2, 0.25) is 0 Å². The van der Waals surface area contributed by atoms with Crippen LogP contribution in [0.3, 0.4) is 0 Å². The van der Waals surface area contributed by atoms with Gasteiger partial charge in [0.1, 0.15) is 0 Å². The van der Waals surface area contributed by atoms with Gasteiger partial charge in [0.05, 0.1) is 6.26 Å². The predicted octanol–water partition coefficient (Wildman–Crippen LogP) is 5.81. The maximum atomic E-state index is 6.30. The van der Waals surface area contributed by atoms with Crippen LogP contribution in [0.15, 0.2) is 30.7 Å². The van der Waals surface area contributed by atoms with Crippen LogP contribution in [-0.2, 0) is 4.43 Å². The smallest absolute Gasteiger partial charge is 0.257 e. The summed E-state index contributed by atoms with van der Waals surface area (Å²) in [7, 11) is -1.72. The zero-order valence-corrected chi connectivity index (χ0v) is 14.0. The highest BCUT2D eigenvalue weighted by molar-refractivity contribution is 6.77. The summed E-state index contributed by atoms with van der Waals surface area (Å²) in [5.74, 6) is 0. The second kappa shape index (κ2) is 8.39. The molecule has 0 saturated carbocycles. The lowest BCUT2D eigenvalue weighted by atomic mass is 10.3. The van der Waals surface area contributed by atoms with Crippen LogP contribution >= 0.6 is 0 Å². The summed E-state index contributed by atoms with van der Waals surface area (Å²) in [6.07, 6.45) is 8.03. The molecule has 0 rings (SSSR count). The molecule has 1 nitrogen and oxygen atoms in total. The number of rotatable bonds is 8. The third-order valence-corrected chi connectivity index (χ3v) is 9.66. The minimum Gasteiger partial charge on any atom is -0.548 e. The van der Waals surface area contributed by atoms with Gasteiger partial charge in [-0.2, -0.15) is 0 Å². The molecular weight excluding hydrogens is 236 g/mol. The molecule has 0 aromatic carbocycles. The van der Waals surface area contributed by atoms with Gasteiger partial charge in [0.25, 0.3) is 8.32 Å². The lowest BCUT2D eigenvalue weighted by Gasteiger charge is -2.41. The Morgan fingerprint density at radius 3 is 1.89 bits per heavy atom. The molecule has 0 aliphatic carbocycles. The van der Waals surface area contributed by atoms with Crippen molar-refractivity contribution in [2.24, 2.45) is 0 Å². The van der Waals surface area contributed by atoms with Gasteiger partial charge in [0, 0.05) is 0 Å². The highest BCUT2D eigenvalue weighted by Gasteiger charge is 2.46. The van der Waals surface area contributed by atoms with Crippen molar-refractivity contribution in [1.82, 2.24) is 0 Å². The van der Waals surface area contributed by atoms with Crippen molar-refractivity contribution in [2.45, 2.75) is 71.0 Å². The Morgan fingerprint density at radius 2 is 1.50 bits per heavy atom. The monoisotopic (exact) mass is 266 g/mol. The minimum absolute atomic E-state index is 0.634. The number of allylic oxidation sites excluding steroid dienone is 2. The predicted molar refractivity (Wildman–Crippen MR) is 84.2 cm³/mol. The van der Waals surface area contributed by atoms with Gasteiger partial charge in [-0.3, -0.25) is 0 Å². The van der Waals surface area contributed by atoms with Gasteiger partial charge >= 0.3 is 0 Å². The van der Waals surface area contributed by atoms with Gasteiger partial charge < -0.3 is 4.43 Å². The van der Waals surface area contributed by atoms with Crippen molar-refractivity contribution in [1.29, 1.82) is 0 Å². The van der Waals surface area contributed by atoms with Crippen LogP contribution in [-0.4, -0.2) is 8.32 Å². The maximum absolute atomic E-state index is 6.30. The fourth-order valence-electron chi connectivity index (χ4n) is 2.92. The zero-order chi connectivity index (χ0) is 14.2. The van der Waals surface area contributed by atoms with Crippen LogP contribution in [0.5, 0.6) is 0 Å². The Bertz CT molecular complexity index is 274. The molecule has 0 aromatic rings. The highest BCUT2D eigenvalue weighted by Crippen LogP contribution is 2.42. The molecule has 0 spiro atoms. The number of unbranched alkanes of at least 4 members (excludes halogenated alkanes) is 1. The van der Waals surface area contributed by atoms with Crippen LogP contribution in [0, 0.1) is 0 Å². The molecule has 0 N–H and O–H groups in total. The van der Waals surface area contributed by atoms with E-state index in [4.69, 9.17) is 4.43 Å². The molecule has 0 amide bonds. The maximum Gasteiger partial charge on any atom is 0.257 e. The van der Waals surface area contributed by atoms with Gasteiger partial charge in [-0.05, 0) is 35.5 Å². The molecule has 18 heavy (non-hydrogen) atoms. The fraction of sp³-hybridized carbons (Fsp3) is 0.688. The second-order valence-corrected chi connectivity index (χ2v) is 11.2. The summed E-state index contributed by atoms with van der Waals surface area (Å²) in [5, 5.41) is 0. The molecule has 0 atom stereocenters.